The second kappa shape index (κ2) is 7.89. The van der Waals surface area contributed by atoms with Crippen LogP contribution in [0.1, 0.15) is 19.4 Å². The third-order valence-corrected chi connectivity index (χ3v) is 3.59. The maximum atomic E-state index is 12.1. The second-order valence-electron chi connectivity index (χ2n) is 5.13. The molecule has 2 rings (SSSR count). The minimum absolute atomic E-state index is 0.0282. The summed E-state index contributed by atoms with van der Waals surface area (Å²) in [6.07, 6.45) is 0.414. The second-order valence-corrected chi connectivity index (χ2v) is 5.13. The van der Waals surface area contributed by atoms with Crippen molar-refractivity contribution < 1.29 is 23.7 Å². The maximum absolute atomic E-state index is 12.1. The van der Waals surface area contributed by atoms with Crippen molar-refractivity contribution in [3.8, 4) is 11.5 Å². The largest absolute Gasteiger partial charge is 0.454 e. The summed E-state index contributed by atoms with van der Waals surface area (Å²) in [5.74, 6) is 1.53. The van der Waals surface area contributed by atoms with Crippen LogP contribution < -0.4 is 9.47 Å². The Morgan fingerprint density at radius 2 is 2.09 bits per heavy atom. The predicted molar refractivity (Wildman–Crippen MR) is 81.3 cm³/mol. The number of rotatable bonds is 7. The molecule has 0 aromatic heterocycles. The molecule has 122 valence electrons. The fourth-order valence-corrected chi connectivity index (χ4v) is 2.44. The molecule has 1 aromatic carbocycles. The van der Waals surface area contributed by atoms with Gasteiger partial charge in [0.05, 0.1) is 6.61 Å². The molecular weight excluding hydrogens is 286 g/mol. The third kappa shape index (κ3) is 4.04. The van der Waals surface area contributed by atoms with Crippen LogP contribution in [-0.2, 0) is 15.9 Å². The number of fused-ring (bicyclic) bond motifs is 1. The molecule has 1 aromatic rings. The molecule has 0 aliphatic carbocycles. The molecule has 0 fully saturated rings. The van der Waals surface area contributed by atoms with Gasteiger partial charge in [0, 0.05) is 19.7 Å². The summed E-state index contributed by atoms with van der Waals surface area (Å²) in [5.41, 5.74) is 1.10. The molecule has 6 heteroatoms. The zero-order chi connectivity index (χ0) is 15.9. The van der Waals surface area contributed by atoms with Crippen molar-refractivity contribution in [2.45, 2.75) is 26.3 Å². The molecule has 1 aliphatic rings. The molecule has 0 saturated heterocycles. The van der Waals surface area contributed by atoms with Gasteiger partial charge in [-0.15, -0.1) is 0 Å². The Hall–Kier alpha value is -1.95. The molecule has 0 bridgehead atoms. The molecule has 0 N–H and O–H groups in total. The number of benzene rings is 1. The Morgan fingerprint density at radius 3 is 2.82 bits per heavy atom. The first-order chi connectivity index (χ1) is 10.7. The number of carbonyl (C=O) groups is 1. The Labute approximate surface area is 130 Å². The number of likely N-dealkylation sites (N-methyl/N-ethyl adjacent to an activating group) is 1. The van der Waals surface area contributed by atoms with Gasteiger partial charge in [0.2, 0.25) is 6.79 Å². The summed E-state index contributed by atoms with van der Waals surface area (Å²) < 4.78 is 20.7. The van der Waals surface area contributed by atoms with Crippen molar-refractivity contribution in [2.24, 2.45) is 0 Å². The first kappa shape index (κ1) is 16.4. The van der Waals surface area contributed by atoms with Crippen molar-refractivity contribution in [3.05, 3.63) is 23.8 Å². The number of ether oxygens (including phenoxy) is 4. The van der Waals surface area contributed by atoms with Gasteiger partial charge in [-0.2, -0.15) is 0 Å². The summed E-state index contributed by atoms with van der Waals surface area (Å²) in [6, 6.07) is 5.88. The summed E-state index contributed by atoms with van der Waals surface area (Å²) in [4.78, 5) is 13.8. The van der Waals surface area contributed by atoms with Gasteiger partial charge in [-0.25, -0.2) is 4.79 Å². The monoisotopic (exact) mass is 309 g/mol. The number of nitrogens with zero attached hydrogens (tertiary/aromatic N) is 1. The van der Waals surface area contributed by atoms with E-state index in [9.17, 15) is 4.79 Å². The van der Waals surface area contributed by atoms with Crippen LogP contribution in [0, 0.1) is 0 Å². The van der Waals surface area contributed by atoms with E-state index in [2.05, 4.69) is 0 Å². The van der Waals surface area contributed by atoms with E-state index in [1.54, 1.807) is 12.0 Å². The fourth-order valence-electron chi connectivity index (χ4n) is 2.44. The highest BCUT2D eigenvalue weighted by atomic mass is 16.7. The van der Waals surface area contributed by atoms with Crippen LogP contribution in [0.4, 0.5) is 4.79 Å². The van der Waals surface area contributed by atoms with Gasteiger partial charge in [-0.1, -0.05) is 6.07 Å². The standard InChI is InChI=1S/C16H23NO5/c1-4-17(16(18)20-8-7-19-3)12(2)9-13-5-6-14-15(10-13)22-11-21-14/h5-6,10,12H,4,7-9,11H2,1-3H3. The highest BCUT2D eigenvalue weighted by molar-refractivity contribution is 5.68. The molecule has 1 heterocycles. The van der Waals surface area contributed by atoms with Gasteiger partial charge in [0.25, 0.3) is 0 Å². The first-order valence-electron chi connectivity index (χ1n) is 7.46. The van der Waals surface area contributed by atoms with Gasteiger partial charge in [-0.05, 0) is 38.0 Å². The Kier molecular flexibility index (Phi) is 5.89. The van der Waals surface area contributed by atoms with Gasteiger partial charge >= 0.3 is 6.09 Å². The van der Waals surface area contributed by atoms with E-state index in [1.807, 2.05) is 32.0 Å². The fraction of sp³-hybridized carbons (Fsp3) is 0.562. The number of methoxy groups -OCH3 is 1. The molecule has 1 amide bonds. The van der Waals surface area contributed by atoms with Crippen LogP contribution in [0.2, 0.25) is 0 Å². The third-order valence-electron chi connectivity index (χ3n) is 3.59. The number of hydrogen-bond donors (Lipinski definition) is 0. The molecule has 1 aliphatic heterocycles. The molecule has 0 spiro atoms. The molecule has 6 nitrogen and oxygen atoms in total. The van der Waals surface area contributed by atoms with Crippen molar-refractivity contribution in [1.29, 1.82) is 0 Å². The van der Waals surface area contributed by atoms with Crippen LogP contribution in [0.25, 0.3) is 0 Å². The predicted octanol–water partition coefficient (Wildman–Crippen LogP) is 2.45. The van der Waals surface area contributed by atoms with Crippen LogP contribution >= 0.6 is 0 Å². The molecule has 22 heavy (non-hydrogen) atoms. The lowest BCUT2D eigenvalue weighted by molar-refractivity contribution is 0.0645. The average molecular weight is 309 g/mol. The number of amides is 1. The summed E-state index contributed by atoms with van der Waals surface area (Å²) in [5, 5.41) is 0. The van der Waals surface area contributed by atoms with Crippen LogP contribution in [0.5, 0.6) is 11.5 Å². The lowest BCUT2D eigenvalue weighted by atomic mass is 10.1. The van der Waals surface area contributed by atoms with Crippen molar-refractivity contribution in [1.82, 2.24) is 4.90 Å². The van der Waals surface area contributed by atoms with E-state index >= 15 is 0 Å². The van der Waals surface area contributed by atoms with Gasteiger partial charge in [-0.3, -0.25) is 0 Å². The van der Waals surface area contributed by atoms with E-state index in [1.165, 1.54) is 0 Å². The van der Waals surface area contributed by atoms with Crippen molar-refractivity contribution in [2.75, 3.05) is 33.7 Å². The summed E-state index contributed by atoms with van der Waals surface area (Å²) >= 11 is 0. The highest BCUT2D eigenvalue weighted by Crippen LogP contribution is 2.33. The first-order valence-corrected chi connectivity index (χ1v) is 7.46. The maximum Gasteiger partial charge on any atom is 0.410 e. The number of hydrogen-bond acceptors (Lipinski definition) is 5. The van der Waals surface area contributed by atoms with Crippen LogP contribution in [0.3, 0.4) is 0 Å². The van der Waals surface area contributed by atoms with Crippen molar-refractivity contribution >= 4 is 6.09 Å². The normalized spacial score (nSPS) is 13.8. The topological polar surface area (TPSA) is 57.2 Å². The molecular formula is C16H23NO5. The smallest absolute Gasteiger partial charge is 0.410 e. The van der Waals surface area contributed by atoms with Crippen LogP contribution in [-0.4, -0.2) is 50.7 Å². The molecule has 0 radical (unpaired) electrons. The van der Waals surface area contributed by atoms with E-state index < -0.39 is 0 Å². The summed E-state index contributed by atoms with van der Waals surface area (Å²) in [6.45, 7) is 5.47. The Bertz CT molecular complexity index is 505. The quantitative estimate of drug-likeness (QED) is 0.724. The zero-order valence-corrected chi connectivity index (χ0v) is 13.3. The SMILES string of the molecule is CCN(C(=O)OCCOC)C(C)Cc1ccc2c(c1)OCO2. The average Bonchev–Trinajstić information content (AvgIpc) is 2.95. The zero-order valence-electron chi connectivity index (χ0n) is 13.3. The molecule has 1 unspecified atom stereocenters. The minimum atomic E-state index is -0.312. The number of carbonyl (C=O) groups excluding carboxylic acids is 1. The van der Waals surface area contributed by atoms with Gasteiger partial charge < -0.3 is 23.8 Å². The van der Waals surface area contributed by atoms with Crippen molar-refractivity contribution in [3.63, 3.8) is 0 Å². The Morgan fingerprint density at radius 1 is 1.32 bits per heavy atom. The van der Waals surface area contributed by atoms with E-state index in [0.29, 0.717) is 13.2 Å². The lowest BCUT2D eigenvalue weighted by Crippen LogP contribution is -2.40. The van der Waals surface area contributed by atoms with Gasteiger partial charge in [0.15, 0.2) is 11.5 Å². The highest BCUT2D eigenvalue weighted by Gasteiger charge is 2.21. The molecule has 0 saturated carbocycles. The molecule has 1 atom stereocenters. The van der Waals surface area contributed by atoms with E-state index in [0.717, 1.165) is 23.5 Å². The van der Waals surface area contributed by atoms with Gasteiger partial charge in [0.1, 0.15) is 6.61 Å². The lowest BCUT2D eigenvalue weighted by Gasteiger charge is -2.27. The minimum Gasteiger partial charge on any atom is -0.454 e. The van der Waals surface area contributed by atoms with Crippen LogP contribution in [0.15, 0.2) is 18.2 Å². The Balaban J connectivity index is 1.93. The van der Waals surface area contributed by atoms with E-state index in [-0.39, 0.29) is 25.5 Å². The van der Waals surface area contributed by atoms with E-state index in [4.69, 9.17) is 18.9 Å². The summed E-state index contributed by atoms with van der Waals surface area (Å²) in [7, 11) is 1.58.